The van der Waals surface area contributed by atoms with Crippen molar-refractivity contribution in [3.05, 3.63) is 170 Å². The van der Waals surface area contributed by atoms with E-state index in [0.29, 0.717) is 11.5 Å². The molecule has 0 aliphatic carbocycles. The van der Waals surface area contributed by atoms with Crippen molar-refractivity contribution in [2.75, 3.05) is 4.90 Å². The summed E-state index contributed by atoms with van der Waals surface area (Å²) < 4.78 is 18.4. The van der Waals surface area contributed by atoms with Gasteiger partial charge in [0.1, 0.15) is 16.7 Å². The van der Waals surface area contributed by atoms with Gasteiger partial charge in [0, 0.05) is 73.7 Å². The van der Waals surface area contributed by atoms with E-state index in [0.717, 1.165) is 61.2 Å². The minimum atomic E-state index is 0.587. The Balaban J connectivity index is 1.06. The third-order valence-corrected chi connectivity index (χ3v) is 13.0. The summed E-state index contributed by atoms with van der Waals surface area (Å²) in [6.45, 7) is 0. The summed E-state index contributed by atoms with van der Waals surface area (Å²) in [7, 11) is 0. The van der Waals surface area contributed by atoms with E-state index in [2.05, 4.69) is 132 Å². The lowest BCUT2D eigenvalue weighted by molar-refractivity contribution is 0.619. The van der Waals surface area contributed by atoms with E-state index < -0.39 is 0 Å². The molecule has 55 heavy (non-hydrogen) atoms. The standard InChI is InChI=1S/C49H28N2O2S2/c1-2-10-30(11-3-1)49-50-40-28-39-34-12-4-7-15-41(34)52-47(39)46(48(40)53-49)29-18-20-31(21-19-29)51(32-22-24-44-37(26-32)35-13-5-8-16-42(35)54-44)33-23-25-45-38(27-33)36-14-6-9-17-43(36)55-45/h1-28H. The molecule has 8 aromatic carbocycles. The average Bonchev–Trinajstić information content (AvgIpc) is 4.02. The first-order valence-corrected chi connectivity index (χ1v) is 19.9. The quantitative estimate of drug-likeness (QED) is 0.176. The highest BCUT2D eigenvalue weighted by atomic mass is 32.1. The topological polar surface area (TPSA) is 42.4 Å². The van der Waals surface area contributed by atoms with Crippen LogP contribution in [0.25, 0.3) is 96.0 Å². The highest BCUT2D eigenvalue weighted by molar-refractivity contribution is 7.26. The van der Waals surface area contributed by atoms with Crippen LogP contribution in [-0.2, 0) is 0 Å². The zero-order chi connectivity index (χ0) is 36.0. The third kappa shape index (κ3) is 4.79. The van der Waals surface area contributed by atoms with Gasteiger partial charge in [-0.2, -0.15) is 0 Å². The Bertz CT molecular complexity index is 3330. The van der Waals surface area contributed by atoms with Crippen molar-refractivity contribution in [1.82, 2.24) is 4.98 Å². The van der Waals surface area contributed by atoms with Crippen LogP contribution in [0.5, 0.6) is 0 Å². The number of aromatic nitrogens is 1. The lowest BCUT2D eigenvalue weighted by Crippen LogP contribution is -2.09. The smallest absolute Gasteiger partial charge is 0.227 e. The van der Waals surface area contributed by atoms with Crippen molar-refractivity contribution in [3.63, 3.8) is 0 Å². The van der Waals surface area contributed by atoms with Crippen molar-refractivity contribution >= 4 is 113 Å². The molecule has 258 valence electrons. The summed E-state index contributed by atoms with van der Waals surface area (Å²) in [4.78, 5) is 7.38. The number of hydrogen-bond donors (Lipinski definition) is 0. The monoisotopic (exact) mass is 740 g/mol. The highest BCUT2D eigenvalue weighted by Gasteiger charge is 2.23. The molecule has 0 N–H and O–H groups in total. The molecular formula is C49H28N2O2S2. The molecule has 0 spiro atoms. The fourth-order valence-electron chi connectivity index (χ4n) is 8.14. The first kappa shape index (κ1) is 30.7. The van der Waals surface area contributed by atoms with Gasteiger partial charge in [-0.05, 0) is 90.5 Å². The van der Waals surface area contributed by atoms with Crippen LogP contribution in [0.1, 0.15) is 0 Å². The SMILES string of the molecule is c1ccc(-c2nc3cc4c(oc5ccccc54)c(-c4ccc(N(c5ccc6sc7ccccc7c6c5)c5ccc6sc7ccccc7c6c5)cc4)c3o2)cc1. The van der Waals surface area contributed by atoms with E-state index in [9.17, 15) is 0 Å². The number of rotatable bonds is 5. The lowest BCUT2D eigenvalue weighted by Gasteiger charge is -2.26. The van der Waals surface area contributed by atoms with Crippen LogP contribution in [0.4, 0.5) is 17.1 Å². The number of anilines is 3. The molecule has 0 radical (unpaired) electrons. The molecule has 0 saturated heterocycles. The molecule has 0 bridgehead atoms. The number of oxazole rings is 1. The zero-order valence-corrected chi connectivity index (χ0v) is 30.8. The molecule has 0 fully saturated rings. The van der Waals surface area contributed by atoms with Gasteiger partial charge in [-0.3, -0.25) is 0 Å². The fraction of sp³-hybridized carbons (Fsp3) is 0. The van der Waals surface area contributed by atoms with E-state index in [-0.39, 0.29) is 0 Å². The first-order chi connectivity index (χ1) is 27.2. The van der Waals surface area contributed by atoms with Crippen LogP contribution in [0.15, 0.2) is 179 Å². The highest BCUT2D eigenvalue weighted by Crippen LogP contribution is 2.46. The number of hydrogen-bond acceptors (Lipinski definition) is 6. The van der Waals surface area contributed by atoms with E-state index >= 15 is 0 Å². The van der Waals surface area contributed by atoms with Crippen LogP contribution in [0.3, 0.4) is 0 Å². The van der Waals surface area contributed by atoms with Gasteiger partial charge >= 0.3 is 0 Å². The van der Waals surface area contributed by atoms with Crippen molar-refractivity contribution in [2.45, 2.75) is 0 Å². The normalized spacial score (nSPS) is 12.0. The molecule has 12 aromatic rings. The summed E-state index contributed by atoms with van der Waals surface area (Å²) >= 11 is 3.68. The van der Waals surface area contributed by atoms with Gasteiger partial charge in [0.25, 0.3) is 0 Å². The fourth-order valence-corrected chi connectivity index (χ4v) is 10.3. The number of benzene rings is 8. The molecule has 4 nitrogen and oxygen atoms in total. The van der Waals surface area contributed by atoms with Crippen molar-refractivity contribution in [2.24, 2.45) is 0 Å². The molecule has 0 saturated carbocycles. The van der Waals surface area contributed by atoms with Gasteiger partial charge in [-0.1, -0.05) is 84.9 Å². The zero-order valence-electron chi connectivity index (χ0n) is 29.2. The molecule has 0 atom stereocenters. The van der Waals surface area contributed by atoms with Gasteiger partial charge in [0.15, 0.2) is 5.58 Å². The lowest BCUT2D eigenvalue weighted by atomic mass is 10.00. The Morgan fingerprint density at radius 2 is 0.964 bits per heavy atom. The first-order valence-electron chi connectivity index (χ1n) is 18.3. The Labute approximate surface area is 322 Å². The Morgan fingerprint density at radius 3 is 1.64 bits per heavy atom. The van der Waals surface area contributed by atoms with Gasteiger partial charge in [0.05, 0.1) is 5.56 Å². The molecular weight excluding hydrogens is 713 g/mol. The maximum atomic E-state index is 6.62. The van der Waals surface area contributed by atoms with Gasteiger partial charge < -0.3 is 13.7 Å². The van der Waals surface area contributed by atoms with Crippen molar-refractivity contribution in [3.8, 4) is 22.6 Å². The maximum Gasteiger partial charge on any atom is 0.227 e. The maximum absolute atomic E-state index is 6.62. The summed E-state index contributed by atoms with van der Waals surface area (Å²) in [6.07, 6.45) is 0. The number of thiophene rings is 2. The van der Waals surface area contributed by atoms with Crippen LogP contribution in [0, 0.1) is 0 Å². The van der Waals surface area contributed by atoms with Crippen LogP contribution in [-0.4, -0.2) is 4.98 Å². The molecule has 6 heteroatoms. The molecule has 4 heterocycles. The molecule has 0 unspecified atom stereocenters. The molecule has 12 rings (SSSR count). The molecule has 0 aliphatic rings. The number of fused-ring (bicyclic) bond motifs is 10. The predicted octanol–water partition coefficient (Wildman–Crippen LogP) is 15.3. The summed E-state index contributed by atoms with van der Waals surface area (Å²) in [5.41, 5.74) is 9.22. The second-order valence-electron chi connectivity index (χ2n) is 13.9. The van der Waals surface area contributed by atoms with Crippen LogP contribution >= 0.6 is 22.7 Å². The van der Waals surface area contributed by atoms with E-state index in [1.807, 2.05) is 65.1 Å². The summed E-state index contributed by atoms with van der Waals surface area (Å²) in [5, 5.41) is 7.16. The van der Waals surface area contributed by atoms with Crippen LogP contribution in [0.2, 0.25) is 0 Å². The third-order valence-electron chi connectivity index (χ3n) is 10.7. The molecule has 0 amide bonds. The van der Waals surface area contributed by atoms with Crippen LogP contribution < -0.4 is 4.90 Å². The van der Waals surface area contributed by atoms with Gasteiger partial charge in [0.2, 0.25) is 5.89 Å². The predicted molar refractivity (Wildman–Crippen MR) is 233 cm³/mol. The van der Waals surface area contributed by atoms with Gasteiger partial charge in [-0.15, -0.1) is 22.7 Å². The Kier molecular flexibility index (Phi) is 6.64. The minimum absolute atomic E-state index is 0.587. The van der Waals surface area contributed by atoms with E-state index in [1.165, 1.54) is 40.3 Å². The number of nitrogens with zero attached hydrogens (tertiary/aromatic N) is 2. The molecule has 0 aliphatic heterocycles. The number of furan rings is 1. The second-order valence-corrected chi connectivity index (χ2v) is 16.1. The summed E-state index contributed by atoms with van der Waals surface area (Å²) in [5.74, 6) is 0.587. The summed E-state index contributed by atoms with van der Waals surface area (Å²) in [6, 6.07) is 60.2. The Hall–Kier alpha value is -6.73. The molecule has 4 aromatic heterocycles. The second kappa shape index (κ2) is 11.9. The largest absolute Gasteiger partial charge is 0.455 e. The van der Waals surface area contributed by atoms with Crippen molar-refractivity contribution in [1.29, 1.82) is 0 Å². The van der Waals surface area contributed by atoms with Gasteiger partial charge in [-0.25, -0.2) is 4.98 Å². The minimum Gasteiger partial charge on any atom is -0.455 e. The Morgan fingerprint density at radius 1 is 0.400 bits per heavy atom. The van der Waals surface area contributed by atoms with Crippen molar-refractivity contribution < 1.29 is 8.83 Å². The van der Waals surface area contributed by atoms with E-state index in [4.69, 9.17) is 13.8 Å². The number of para-hydroxylation sites is 1. The van der Waals surface area contributed by atoms with E-state index in [1.54, 1.807) is 0 Å². The average molecular weight is 741 g/mol.